The summed E-state index contributed by atoms with van der Waals surface area (Å²) < 4.78 is 59.9. The minimum Gasteiger partial charge on any atom is -0.465 e. The standard InChI is InChI=1S/C30H34F4N2O2/c1-19(2)14-36(29(37)22-8-10-26(31)11-9-22)16-24-15-35(17-27-12-20(3)21(4)38-27)18-28(24)23-6-5-7-25(13-23)30(32,33)34/h5-13,19,24,28H,14-18H2,1-4H3/t24-,28-/m1/s1. The largest absolute Gasteiger partial charge is 0.465 e. The molecule has 0 spiro atoms. The molecule has 8 heteroatoms. The predicted molar refractivity (Wildman–Crippen MR) is 138 cm³/mol. The number of halogens is 4. The molecule has 4 rings (SSSR count). The lowest BCUT2D eigenvalue weighted by Crippen LogP contribution is -2.39. The van der Waals surface area contributed by atoms with Crippen molar-refractivity contribution >= 4 is 5.91 Å². The Labute approximate surface area is 221 Å². The van der Waals surface area contributed by atoms with Crippen molar-refractivity contribution in [2.24, 2.45) is 11.8 Å². The Morgan fingerprint density at radius 3 is 2.39 bits per heavy atom. The van der Waals surface area contributed by atoms with E-state index < -0.39 is 17.6 Å². The number of rotatable bonds is 8. The Bertz CT molecular complexity index is 1230. The van der Waals surface area contributed by atoms with E-state index in [1.54, 1.807) is 11.0 Å². The van der Waals surface area contributed by atoms with Gasteiger partial charge >= 0.3 is 6.18 Å². The molecular weight excluding hydrogens is 496 g/mol. The topological polar surface area (TPSA) is 36.7 Å². The molecule has 1 fully saturated rings. The maximum absolute atomic E-state index is 13.5. The Kier molecular flexibility index (Phi) is 8.31. The maximum atomic E-state index is 13.5. The SMILES string of the molecule is Cc1cc(CN2C[C@H](CN(CC(C)C)C(=O)c3ccc(F)cc3)[C@@H](c3cccc(C(F)(F)F)c3)C2)oc1C. The first kappa shape index (κ1) is 27.9. The number of hydrogen-bond donors (Lipinski definition) is 0. The first-order valence-corrected chi connectivity index (χ1v) is 12.9. The van der Waals surface area contributed by atoms with Crippen LogP contribution in [0, 0.1) is 31.5 Å². The number of furan rings is 1. The minimum atomic E-state index is -4.44. The van der Waals surface area contributed by atoms with Gasteiger partial charge < -0.3 is 9.32 Å². The third-order valence-corrected chi connectivity index (χ3v) is 7.17. The van der Waals surface area contributed by atoms with Gasteiger partial charge in [-0.15, -0.1) is 0 Å². The van der Waals surface area contributed by atoms with Gasteiger partial charge in [-0.3, -0.25) is 9.69 Å². The molecule has 0 radical (unpaired) electrons. The smallest absolute Gasteiger partial charge is 0.416 e. The first-order chi connectivity index (χ1) is 17.9. The van der Waals surface area contributed by atoms with E-state index >= 15 is 0 Å². The molecule has 4 nitrogen and oxygen atoms in total. The summed E-state index contributed by atoms with van der Waals surface area (Å²) in [6.45, 7) is 10.5. The molecule has 0 unspecified atom stereocenters. The zero-order valence-corrected chi connectivity index (χ0v) is 22.2. The van der Waals surface area contributed by atoms with Gasteiger partial charge in [0.15, 0.2) is 0 Å². The van der Waals surface area contributed by atoms with Gasteiger partial charge in [0.25, 0.3) is 5.91 Å². The number of hydrogen-bond acceptors (Lipinski definition) is 3. The molecule has 2 aromatic carbocycles. The molecule has 2 atom stereocenters. The number of aryl methyl sites for hydroxylation is 2. The van der Waals surface area contributed by atoms with Crippen LogP contribution >= 0.6 is 0 Å². The Morgan fingerprint density at radius 2 is 1.79 bits per heavy atom. The van der Waals surface area contributed by atoms with Crippen LogP contribution in [0.2, 0.25) is 0 Å². The summed E-state index contributed by atoms with van der Waals surface area (Å²) in [6, 6.07) is 13.0. The van der Waals surface area contributed by atoms with Crippen molar-refractivity contribution < 1.29 is 26.8 Å². The molecule has 2 heterocycles. The average Bonchev–Trinajstić information content (AvgIpc) is 3.39. The molecule has 1 saturated heterocycles. The zero-order chi connectivity index (χ0) is 27.6. The van der Waals surface area contributed by atoms with Crippen molar-refractivity contribution in [3.63, 3.8) is 0 Å². The van der Waals surface area contributed by atoms with Crippen LogP contribution in [-0.2, 0) is 12.7 Å². The highest BCUT2D eigenvalue weighted by atomic mass is 19.4. The van der Waals surface area contributed by atoms with Crippen LogP contribution < -0.4 is 0 Å². The van der Waals surface area contributed by atoms with Gasteiger partial charge in [-0.05, 0) is 73.2 Å². The molecule has 1 aromatic heterocycles. The number of alkyl halides is 3. The number of amides is 1. The summed E-state index contributed by atoms with van der Waals surface area (Å²) in [4.78, 5) is 17.4. The van der Waals surface area contributed by atoms with Crippen molar-refractivity contribution in [1.82, 2.24) is 9.80 Å². The van der Waals surface area contributed by atoms with Crippen molar-refractivity contribution in [3.8, 4) is 0 Å². The fourth-order valence-corrected chi connectivity index (χ4v) is 5.29. The Hall–Kier alpha value is -3.13. The lowest BCUT2D eigenvalue weighted by atomic mass is 9.87. The second kappa shape index (κ2) is 11.3. The van der Waals surface area contributed by atoms with E-state index in [9.17, 15) is 22.4 Å². The number of nitrogens with zero attached hydrogens (tertiary/aromatic N) is 2. The summed E-state index contributed by atoms with van der Waals surface area (Å²) in [5.41, 5.74) is 1.38. The highest BCUT2D eigenvalue weighted by molar-refractivity contribution is 5.94. The lowest BCUT2D eigenvalue weighted by Gasteiger charge is -2.30. The molecule has 1 aliphatic heterocycles. The monoisotopic (exact) mass is 530 g/mol. The quantitative estimate of drug-likeness (QED) is 0.292. The van der Waals surface area contributed by atoms with Gasteiger partial charge in [0.1, 0.15) is 17.3 Å². The molecule has 38 heavy (non-hydrogen) atoms. The predicted octanol–water partition coefficient (Wildman–Crippen LogP) is 7.07. The lowest BCUT2D eigenvalue weighted by molar-refractivity contribution is -0.137. The summed E-state index contributed by atoms with van der Waals surface area (Å²) >= 11 is 0. The number of likely N-dealkylation sites (tertiary alicyclic amines) is 1. The molecule has 204 valence electrons. The van der Waals surface area contributed by atoms with Gasteiger partial charge in [-0.25, -0.2) is 4.39 Å². The molecular formula is C30H34F4N2O2. The summed E-state index contributed by atoms with van der Waals surface area (Å²) in [5, 5.41) is 0. The van der Waals surface area contributed by atoms with E-state index in [4.69, 9.17) is 4.42 Å². The summed E-state index contributed by atoms with van der Waals surface area (Å²) in [7, 11) is 0. The first-order valence-electron chi connectivity index (χ1n) is 12.9. The number of carbonyl (C=O) groups excluding carboxylic acids is 1. The van der Waals surface area contributed by atoms with Gasteiger partial charge in [-0.1, -0.05) is 32.0 Å². The Morgan fingerprint density at radius 1 is 1.08 bits per heavy atom. The normalized spacial score (nSPS) is 18.3. The molecule has 0 aliphatic carbocycles. The fourth-order valence-electron chi connectivity index (χ4n) is 5.29. The summed E-state index contributed by atoms with van der Waals surface area (Å²) in [5.74, 6) is 0.901. The van der Waals surface area contributed by atoms with Gasteiger partial charge in [-0.2, -0.15) is 13.2 Å². The van der Waals surface area contributed by atoms with E-state index in [-0.39, 0.29) is 23.7 Å². The molecule has 0 saturated carbocycles. The second-order valence-corrected chi connectivity index (χ2v) is 10.7. The van der Waals surface area contributed by atoms with Gasteiger partial charge in [0, 0.05) is 37.7 Å². The van der Waals surface area contributed by atoms with E-state index in [0.717, 1.165) is 23.2 Å². The van der Waals surface area contributed by atoms with Crippen LogP contribution in [0.3, 0.4) is 0 Å². The number of carbonyl (C=O) groups is 1. The van der Waals surface area contributed by atoms with Crippen LogP contribution in [-0.4, -0.2) is 41.9 Å². The average molecular weight is 531 g/mol. The van der Waals surface area contributed by atoms with Gasteiger partial charge in [0.05, 0.1) is 12.1 Å². The summed E-state index contributed by atoms with van der Waals surface area (Å²) in [6.07, 6.45) is -4.44. The fraction of sp³-hybridized carbons (Fsp3) is 0.433. The molecule has 3 aromatic rings. The van der Waals surface area contributed by atoms with Crippen molar-refractivity contribution in [3.05, 3.63) is 94.2 Å². The maximum Gasteiger partial charge on any atom is 0.416 e. The highest BCUT2D eigenvalue weighted by Crippen LogP contribution is 2.38. The molecule has 1 amide bonds. The van der Waals surface area contributed by atoms with Crippen LogP contribution in [0.5, 0.6) is 0 Å². The van der Waals surface area contributed by atoms with Crippen LogP contribution in [0.1, 0.15) is 58.3 Å². The third kappa shape index (κ3) is 6.65. The van der Waals surface area contributed by atoms with Crippen LogP contribution in [0.4, 0.5) is 17.6 Å². The zero-order valence-electron chi connectivity index (χ0n) is 22.2. The molecule has 1 aliphatic rings. The third-order valence-electron chi connectivity index (χ3n) is 7.17. The van der Waals surface area contributed by atoms with E-state index in [1.165, 1.54) is 36.4 Å². The van der Waals surface area contributed by atoms with Crippen molar-refractivity contribution in [1.29, 1.82) is 0 Å². The van der Waals surface area contributed by atoms with E-state index in [1.807, 2.05) is 33.8 Å². The Balaban J connectivity index is 1.63. The van der Waals surface area contributed by atoms with Gasteiger partial charge in [0.2, 0.25) is 0 Å². The van der Waals surface area contributed by atoms with Crippen LogP contribution in [0.25, 0.3) is 0 Å². The molecule has 0 N–H and O–H groups in total. The van der Waals surface area contributed by atoms with Crippen molar-refractivity contribution in [2.75, 3.05) is 26.2 Å². The minimum absolute atomic E-state index is 0.0983. The number of benzene rings is 2. The van der Waals surface area contributed by atoms with E-state index in [0.29, 0.717) is 43.9 Å². The van der Waals surface area contributed by atoms with Crippen LogP contribution in [0.15, 0.2) is 59.0 Å². The van der Waals surface area contributed by atoms with Crippen molar-refractivity contribution in [2.45, 2.75) is 46.3 Å². The molecule has 0 bridgehead atoms. The highest BCUT2D eigenvalue weighted by Gasteiger charge is 2.38. The second-order valence-electron chi connectivity index (χ2n) is 10.7. The van der Waals surface area contributed by atoms with E-state index in [2.05, 4.69) is 4.90 Å².